The van der Waals surface area contributed by atoms with E-state index < -0.39 is 35.4 Å². The van der Waals surface area contributed by atoms with Gasteiger partial charge in [-0.15, -0.1) is 0 Å². The molecule has 0 bridgehead atoms. The number of halogens is 2. The minimum absolute atomic E-state index is 0.00288. The zero-order valence-electron chi connectivity index (χ0n) is 16.6. The van der Waals surface area contributed by atoms with Gasteiger partial charge in [-0.3, -0.25) is 0 Å². The number of rotatable bonds is 5. The van der Waals surface area contributed by atoms with Crippen molar-refractivity contribution in [3.05, 3.63) is 65.2 Å². The molecule has 8 heteroatoms. The molecule has 2 aromatic carbocycles. The molecule has 1 atom stereocenters. The molecule has 0 aromatic heterocycles. The Kier molecular flexibility index (Phi) is 6.92. The molecular weight excluding hydrogens is 384 g/mol. The Morgan fingerprint density at radius 1 is 1.07 bits per heavy atom. The summed E-state index contributed by atoms with van der Waals surface area (Å²) in [4.78, 5) is 25.2. The molecular formula is C21H23F2NO5. The van der Waals surface area contributed by atoms with E-state index in [2.05, 4.69) is 0 Å². The average molecular weight is 407 g/mol. The van der Waals surface area contributed by atoms with Crippen LogP contribution in [0, 0.1) is 11.6 Å². The van der Waals surface area contributed by atoms with Crippen molar-refractivity contribution < 1.29 is 33.0 Å². The first-order valence-corrected chi connectivity index (χ1v) is 8.85. The van der Waals surface area contributed by atoms with Crippen LogP contribution >= 0.6 is 0 Å². The first kappa shape index (κ1) is 22.3. The summed E-state index contributed by atoms with van der Waals surface area (Å²) in [6, 6.07) is 8.66. The number of hydrogen-bond donors (Lipinski definition) is 1. The van der Waals surface area contributed by atoms with Crippen LogP contribution in [0.2, 0.25) is 0 Å². The highest BCUT2D eigenvalue weighted by Gasteiger charge is 2.22. The molecule has 1 N–H and O–H groups in total. The van der Waals surface area contributed by atoms with Crippen molar-refractivity contribution in [3.63, 3.8) is 0 Å². The second kappa shape index (κ2) is 9.00. The van der Waals surface area contributed by atoms with Gasteiger partial charge in [0.1, 0.15) is 11.4 Å². The normalized spacial score (nSPS) is 12.2. The third kappa shape index (κ3) is 6.53. The van der Waals surface area contributed by atoms with Gasteiger partial charge in [0.05, 0.1) is 18.2 Å². The second-order valence-electron chi connectivity index (χ2n) is 7.46. The van der Waals surface area contributed by atoms with Crippen molar-refractivity contribution in [2.24, 2.45) is 0 Å². The molecule has 0 heterocycles. The lowest BCUT2D eigenvalue weighted by Gasteiger charge is -2.26. The number of benzene rings is 2. The Morgan fingerprint density at radius 2 is 1.69 bits per heavy atom. The molecule has 2 aromatic rings. The van der Waals surface area contributed by atoms with Gasteiger partial charge in [-0.2, -0.15) is 0 Å². The highest BCUT2D eigenvalue weighted by molar-refractivity contribution is 5.91. The first-order chi connectivity index (χ1) is 13.5. The molecule has 6 nitrogen and oxygen atoms in total. The lowest BCUT2D eigenvalue weighted by Crippen LogP contribution is -2.36. The van der Waals surface area contributed by atoms with E-state index in [0.717, 1.165) is 18.2 Å². The van der Waals surface area contributed by atoms with Gasteiger partial charge in [0, 0.05) is 7.05 Å². The molecule has 0 saturated heterocycles. The fourth-order valence-corrected chi connectivity index (χ4v) is 2.33. The van der Waals surface area contributed by atoms with E-state index in [9.17, 15) is 23.5 Å². The lowest BCUT2D eigenvalue weighted by molar-refractivity contribution is 0.0205. The van der Waals surface area contributed by atoms with Crippen LogP contribution in [0.15, 0.2) is 42.5 Å². The summed E-state index contributed by atoms with van der Waals surface area (Å²) < 4.78 is 36.5. The lowest BCUT2D eigenvalue weighted by atomic mass is 10.1. The summed E-state index contributed by atoms with van der Waals surface area (Å²) in [7, 11) is 1.51. The Labute approximate surface area is 167 Å². The van der Waals surface area contributed by atoms with Crippen LogP contribution in [-0.2, 0) is 4.74 Å². The van der Waals surface area contributed by atoms with Crippen LogP contribution in [0.4, 0.5) is 13.6 Å². The van der Waals surface area contributed by atoms with Crippen molar-refractivity contribution in [1.29, 1.82) is 0 Å². The van der Waals surface area contributed by atoms with E-state index in [0.29, 0.717) is 5.56 Å². The van der Waals surface area contributed by atoms with E-state index in [1.807, 2.05) is 0 Å². The zero-order chi connectivity index (χ0) is 21.8. The smallest absolute Gasteiger partial charge is 0.410 e. The molecule has 29 heavy (non-hydrogen) atoms. The molecule has 0 radical (unpaired) electrons. The van der Waals surface area contributed by atoms with Crippen LogP contribution in [0.3, 0.4) is 0 Å². The van der Waals surface area contributed by atoms with Gasteiger partial charge in [0.15, 0.2) is 11.6 Å². The number of amides is 1. The number of hydrogen-bond acceptors (Lipinski definition) is 5. The molecule has 0 fully saturated rings. The topological polar surface area (TPSA) is 76.1 Å². The number of ether oxygens (including phenoxy) is 2. The predicted molar refractivity (Wildman–Crippen MR) is 102 cm³/mol. The molecule has 0 aliphatic carbocycles. The number of aliphatic hydroxyl groups excluding tert-OH is 1. The fourth-order valence-electron chi connectivity index (χ4n) is 2.33. The Bertz CT molecular complexity index is 878. The van der Waals surface area contributed by atoms with Crippen molar-refractivity contribution in [1.82, 2.24) is 4.90 Å². The van der Waals surface area contributed by atoms with Gasteiger partial charge in [-0.05, 0) is 56.7 Å². The van der Waals surface area contributed by atoms with Crippen LogP contribution in [0.1, 0.15) is 42.8 Å². The summed E-state index contributed by atoms with van der Waals surface area (Å²) in [5.74, 6) is -2.89. The van der Waals surface area contributed by atoms with E-state index >= 15 is 0 Å². The molecule has 0 saturated carbocycles. The first-order valence-electron chi connectivity index (χ1n) is 8.85. The molecule has 0 aliphatic rings. The van der Waals surface area contributed by atoms with Gasteiger partial charge in [-0.25, -0.2) is 18.4 Å². The monoisotopic (exact) mass is 407 g/mol. The van der Waals surface area contributed by atoms with Crippen LogP contribution in [0.5, 0.6) is 5.75 Å². The fraction of sp³-hybridized carbons (Fsp3) is 0.333. The molecule has 1 amide bonds. The highest BCUT2D eigenvalue weighted by Crippen LogP contribution is 2.20. The van der Waals surface area contributed by atoms with Gasteiger partial charge in [-0.1, -0.05) is 12.1 Å². The Morgan fingerprint density at radius 3 is 2.24 bits per heavy atom. The van der Waals surface area contributed by atoms with E-state index in [4.69, 9.17) is 9.47 Å². The predicted octanol–water partition coefficient (Wildman–Crippen LogP) is 4.08. The second-order valence-corrected chi connectivity index (χ2v) is 7.46. The maximum absolute atomic E-state index is 13.2. The third-order valence-electron chi connectivity index (χ3n) is 3.78. The Hall–Kier alpha value is -3.00. The van der Waals surface area contributed by atoms with Crippen molar-refractivity contribution in [3.8, 4) is 5.75 Å². The SMILES string of the molecule is CN(CC(O)c1ccc(OC(=O)c2ccc(F)c(F)c2)cc1)C(=O)OC(C)(C)C. The van der Waals surface area contributed by atoms with Crippen molar-refractivity contribution in [2.75, 3.05) is 13.6 Å². The van der Waals surface area contributed by atoms with Crippen LogP contribution in [-0.4, -0.2) is 41.3 Å². The standard InChI is InChI=1S/C21H23F2NO5/c1-21(2,3)29-20(27)24(4)12-18(25)13-5-8-15(9-6-13)28-19(26)14-7-10-16(22)17(23)11-14/h5-11,18,25H,12H2,1-4H3. The summed E-state index contributed by atoms with van der Waals surface area (Å²) in [5.41, 5.74) is -0.282. The largest absolute Gasteiger partial charge is 0.444 e. The number of carbonyl (C=O) groups is 2. The number of carbonyl (C=O) groups excluding carboxylic acids is 2. The Balaban J connectivity index is 1.97. The summed E-state index contributed by atoms with van der Waals surface area (Å²) >= 11 is 0. The van der Waals surface area contributed by atoms with E-state index in [-0.39, 0.29) is 17.9 Å². The maximum atomic E-state index is 13.2. The summed E-state index contributed by atoms with van der Waals surface area (Å²) in [5, 5.41) is 10.3. The van der Waals surface area contributed by atoms with Crippen molar-refractivity contribution >= 4 is 12.1 Å². The number of aliphatic hydroxyl groups is 1. The molecule has 1 unspecified atom stereocenters. The van der Waals surface area contributed by atoms with Gasteiger partial charge < -0.3 is 19.5 Å². The van der Waals surface area contributed by atoms with Crippen molar-refractivity contribution in [2.45, 2.75) is 32.5 Å². The summed E-state index contributed by atoms with van der Waals surface area (Å²) in [6.07, 6.45) is -1.54. The number of esters is 1. The van der Waals surface area contributed by atoms with Crippen LogP contribution < -0.4 is 4.74 Å². The maximum Gasteiger partial charge on any atom is 0.410 e. The summed E-state index contributed by atoms with van der Waals surface area (Å²) in [6.45, 7) is 5.24. The van der Waals surface area contributed by atoms with Gasteiger partial charge in [0.25, 0.3) is 0 Å². The molecule has 0 aliphatic heterocycles. The highest BCUT2D eigenvalue weighted by atomic mass is 19.2. The number of nitrogens with zero attached hydrogens (tertiary/aromatic N) is 1. The minimum atomic E-state index is -1.15. The van der Waals surface area contributed by atoms with E-state index in [1.54, 1.807) is 20.8 Å². The molecule has 2 rings (SSSR count). The van der Waals surface area contributed by atoms with Crippen LogP contribution in [0.25, 0.3) is 0 Å². The van der Waals surface area contributed by atoms with Gasteiger partial charge >= 0.3 is 12.1 Å². The van der Waals surface area contributed by atoms with Gasteiger partial charge in [0.2, 0.25) is 0 Å². The average Bonchev–Trinajstić information content (AvgIpc) is 2.63. The van der Waals surface area contributed by atoms with E-state index in [1.165, 1.54) is 36.2 Å². The zero-order valence-corrected chi connectivity index (χ0v) is 16.6. The number of likely N-dealkylation sites (N-methyl/N-ethyl adjacent to an activating group) is 1. The molecule has 0 spiro atoms. The minimum Gasteiger partial charge on any atom is -0.444 e. The quantitative estimate of drug-likeness (QED) is 0.597. The third-order valence-corrected chi connectivity index (χ3v) is 3.78. The molecule has 156 valence electrons.